The van der Waals surface area contributed by atoms with Gasteiger partial charge in [0, 0.05) is 49.4 Å². The van der Waals surface area contributed by atoms with Gasteiger partial charge in [0.15, 0.2) is 17.5 Å². The number of furan rings is 1. The zero-order valence-electron chi connectivity index (χ0n) is 34.5. The molecule has 0 N–H and O–H groups in total. The van der Waals surface area contributed by atoms with Gasteiger partial charge in [-0.2, -0.15) is 0 Å². The number of hydrogen-bond donors (Lipinski definition) is 0. The van der Waals surface area contributed by atoms with E-state index >= 15 is 0 Å². The van der Waals surface area contributed by atoms with Gasteiger partial charge in [-0.25, -0.2) is 15.0 Å². The molecule has 0 atom stereocenters. The molecule has 0 saturated heterocycles. The third-order valence-electron chi connectivity index (χ3n) is 12.6. The van der Waals surface area contributed by atoms with Gasteiger partial charge in [0.1, 0.15) is 11.2 Å². The van der Waals surface area contributed by atoms with E-state index in [2.05, 4.69) is 180 Å². The average molecular weight is 817 g/mol. The molecule has 0 bridgehead atoms. The Balaban J connectivity index is 1.13. The van der Waals surface area contributed by atoms with Crippen molar-refractivity contribution in [3.63, 3.8) is 0 Å². The molecule has 5 nitrogen and oxygen atoms in total. The van der Waals surface area contributed by atoms with E-state index in [1.807, 2.05) is 42.5 Å². The molecule has 13 rings (SSSR count). The van der Waals surface area contributed by atoms with Crippen molar-refractivity contribution in [2.24, 2.45) is 0 Å². The van der Waals surface area contributed by atoms with Crippen molar-refractivity contribution in [3.8, 4) is 62.1 Å². The maximum Gasteiger partial charge on any atom is 0.164 e. The highest BCUT2D eigenvalue weighted by Gasteiger charge is 2.24. The zero-order chi connectivity index (χ0) is 42.1. The summed E-state index contributed by atoms with van der Waals surface area (Å²) in [6.45, 7) is 0. The number of para-hydroxylation sites is 1. The lowest BCUT2D eigenvalue weighted by Gasteiger charge is -2.21. The van der Waals surface area contributed by atoms with Crippen molar-refractivity contribution >= 4 is 65.3 Å². The molecule has 10 aromatic carbocycles. The van der Waals surface area contributed by atoms with Crippen LogP contribution in [0.4, 0.5) is 0 Å². The molecule has 0 aliphatic carbocycles. The summed E-state index contributed by atoms with van der Waals surface area (Å²) in [5.74, 6) is 1.74. The van der Waals surface area contributed by atoms with E-state index in [4.69, 9.17) is 19.4 Å². The van der Waals surface area contributed by atoms with E-state index in [1.54, 1.807) is 0 Å². The Bertz CT molecular complexity index is 3790. The molecule has 0 spiro atoms. The summed E-state index contributed by atoms with van der Waals surface area (Å²) < 4.78 is 8.85. The fraction of sp³-hybridized carbons (Fsp3) is 0. The van der Waals surface area contributed by atoms with E-state index in [1.165, 1.54) is 32.3 Å². The second-order valence-electron chi connectivity index (χ2n) is 16.4. The van der Waals surface area contributed by atoms with Gasteiger partial charge in [-0.3, -0.25) is 0 Å². The van der Waals surface area contributed by atoms with Crippen LogP contribution in [0.25, 0.3) is 127 Å². The molecule has 5 heteroatoms. The van der Waals surface area contributed by atoms with Crippen LogP contribution in [0.3, 0.4) is 0 Å². The molecule has 0 amide bonds. The van der Waals surface area contributed by atoms with E-state index < -0.39 is 0 Å². The van der Waals surface area contributed by atoms with Gasteiger partial charge in [0.2, 0.25) is 0 Å². The van der Waals surface area contributed by atoms with Gasteiger partial charge < -0.3 is 8.98 Å². The highest BCUT2D eigenvalue weighted by Crippen LogP contribution is 2.45. The molecule has 0 fully saturated rings. The second kappa shape index (κ2) is 14.5. The van der Waals surface area contributed by atoms with Gasteiger partial charge in [-0.1, -0.05) is 164 Å². The molecule has 13 aromatic rings. The Morgan fingerprint density at radius 2 is 0.734 bits per heavy atom. The van der Waals surface area contributed by atoms with Crippen molar-refractivity contribution in [3.05, 3.63) is 218 Å². The maximum atomic E-state index is 6.36. The predicted octanol–water partition coefficient (Wildman–Crippen LogP) is 15.5. The number of nitrogens with zero attached hydrogens (tertiary/aromatic N) is 4. The Hall–Kier alpha value is -8.67. The summed E-state index contributed by atoms with van der Waals surface area (Å²) in [5, 5.41) is 9.35. The quantitative estimate of drug-likeness (QED) is 0.168. The van der Waals surface area contributed by atoms with E-state index in [0.717, 1.165) is 77.6 Å². The average Bonchev–Trinajstić information content (AvgIpc) is 3.89. The summed E-state index contributed by atoms with van der Waals surface area (Å²) >= 11 is 0. The Kier molecular flexibility index (Phi) is 8.15. The standard InChI is InChI=1S/C59H36N4O/c1-4-16-37(17-5-1)48-32-45(59-61-57(39-20-8-3-9-21-39)60-58(62-59)44-28-29-47-46-26-14-15-27-54(46)64-55(47)36-44)33-49(38-18-6-2-7-19-38)56(48)63-52-34-42-24-12-10-22-40(42)30-50(52)51-31-41-23-11-13-25-43(41)35-53(51)63/h1-36H. The van der Waals surface area contributed by atoms with Gasteiger partial charge in [0.25, 0.3) is 0 Å². The minimum atomic E-state index is 0.568. The molecule has 3 heterocycles. The number of rotatable bonds is 6. The van der Waals surface area contributed by atoms with Gasteiger partial charge in [0.05, 0.1) is 16.7 Å². The fourth-order valence-electron chi connectivity index (χ4n) is 9.52. The lowest BCUT2D eigenvalue weighted by atomic mass is 9.92. The molecule has 0 radical (unpaired) electrons. The smallest absolute Gasteiger partial charge is 0.164 e. The summed E-state index contributed by atoms with van der Waals surface area (Å²) in [6.07, 6.45) is 0. The lowest BCUT2D eigenvalue weighted by Crippen LogP contribution is -2.04. The van der Waals surface area contributed by atoms with Gasteiger partial charge in [-0.05, 0) is 87.3 Å². The molecular formula is C59H36N4O. The molecule has 64 heavy (non-hydrogen) atoms. The summed E-state index contributed by atoms with van der Waals surface area (Å²) in [4.78, 5) is 15.7. The molecular weight excluding hydrogens is 781 g/mol. The van der Waals surface area contributed by atoms with Gasteiger partial charge >= 0.3 is 0 Å². The molecule has 0 unspecified atom stereocenters. The highest BCUT2D eigenvalue weighted by atomic mass is 16.3. The molecule has 3 aromatic heterocycles. The first-order valence-electron chi connectivity index (χ1n) is 21.6. The summed E-state index contributed by atoms with van der Waals surface area (Å²) in [6, 6.07) is 77.2. The van der Waals surface area contributed by atoms with Crippen LogP contribution >= 0.6 is 0 Å². The first-order valence-corrected chi connectivity index (χ1v) is 21.6. The third-order valence-corrected chi connectivity index (χ3v) is 12.6. The Morgan fingerprint density at radius 1 is 0.297 bits per heavy atom. The van der Waals surface area contributed by atoms with Crippen molar-refractivity contribution in [1.82, 2.24) is 19.5 Å². The van der Waals surface area contributed by atoms with Crippen LogP contribution < -0.4 is 0 Å². The van der Waals surface area contributed by atoms with Crippen LogP contribution in [-0.2, 0) is 0 Å². The Labute approximate surface area is 368 Å². The van der Waals surface area contributed by atoms with Crippen LogP contribution in [0.2, 0.25) is 0 Å². The lowest BCUT2D eigenvalue weighted by molar-refractivity contribution is 0.669. The first kappa shape index (κ1) is 36.0. The monoisotopic (exact) mass is 816 g/mol. The topological polar surface area (TPSA) is 56.7 Å². The van der Waals surface area contributed by atoms with Crippen molar-refractivity contribution in [2.45, 2.75) is 0 Å². The minimum absolute atomic E-state index is 0.568. The predicted molar refractivity (Wildman–Crippen MR) is 264 cm³/mol. The van der Waals surface area contributed by atoms with E-state index in [0.29, 0.717) is 17.5 Å². The van der Waals surface area contributed by atoms with Gasteiger partial charge in [-0.15, -0.1) is 0 Å². The van der Waals surface area contributed by atoms with Crippen LogP contribution in [-0.4, -0.2) is 19.5 Å². The van der Waals surface area contributed by atoms with E-state index in [9.17, 15) is 0 Å². The van der Waals surface area contributed by atoms with Crippen molar-refractivity contribution in [2.75, 3.05) is 0 Å². The van der Waals surface area contributed by atoms with Crippen LogP contribution in [0.5, 0.6) is 0 Å². The SMILES string of the molecule is c1ccc(-c2nc(-c3cc(-c4ccccc4)c(-n4c5cc6ccccc6cc5c5cc6ccccc6cc54)c(-c4ccccc4)c3)nc(-c3ccc4c(c3)oc3ccccc34)n2)cc1. The summed E-state index contributed by atoms with van der Waals surface area (Å²) in [7, 11) is 0. The molecule has 0 saturated carbocycles. The third kappa shape index (κ3) is 5.90. The van der Waals surface area contributed by atoms with Crippen LogP contribution in [0.15, 0.2) is 223 Å². The first-order chi connectivity index (χ1) is 31.7. The molecule has 0 aliphatic heterocycles. The molecule has 0 aliphatic rings. The minimum Gasteiger partial charge on any atom is -0.456 e. The Morgan fingerprint density at radius 3 is 1.30 bits per heavy atom. The number of benzene rings is 10. The largest absolute Gasteiger partial charge is 0.456 e. The zero-order valence-corrected chi connectivity index (χ0v) is 34.5. The maximum absolute atomic E-state index is 6.36. The van der Waals surface area contributed by atoms with Crippen LogP contribution in [0, 0.1) is 0 Å². The fourth-order valence-corrected chi connectivity index (χ4v) is 9.52. The van der Waals surface area contributed by atoms with Crippen molar-refractivity contribution < 1.29 is 4.42 Å². The second-order valence-corrected chi connectivity index (χ2v) is 16.4. The summed E-state index contributed by atoms with van der Waals surface area (Å²) in [5.41, 5.74) is 11.9. The molecule has 298 valence electrons. The highest BCUT2D eigenvalue weighted by molar-refractivity contribution is 6.17. The normalized spacial score (nSPS) is 11.8. The van der Waals surface area contributed by atoms with Crippen molar-refractivity contribution in [1.29, 1.82) is 0 Å². The number of fused-ring (bicyclic) bond motifs is 8. The van der Waals surface area contributed by atoms with Crippen LogP contribution in [0.1, 0.15) is 0 Å². The number of hydrogen-bond acceptors (Lipinski definition) is 4. The number of aromatic nitrogens is 4. The van der Waals surface area contributed by atoms with E-state index in [-0.39, 0.29) is 0 Å².